The van der Waals surface area contributed by atoms with Gasteiger partial charge in [-0.15, -0.1) is 0 Å². The van der Waals surface area contributed by atoms with Crippen LogP contribution in [0.3, 0.4) is 0 Å². The Balaban J connectivity index is 1.71. The van der Waals surface area contributed by atoms with Gasteiger partial charge in [0.15, 0.2) is 0 Å². The molecule has 0 bridgehead atoms. The summed E-state index contributed by atoms with van der Waals surface area (Å²) in [4.78, 5) is 14.5. The first-order chi connectivity index (χ1) is 12.6. The maximum absolute atomic E-state index is 13.0. The Bertz CT molecular complexity index is 753. The molecule has 3 rings (SSSR count). The molecular formula is C21H21ClFNO2. The van der Waals surface area contributed by atoms with Gasteiger partial charge in [0.2, 0.25) is 5.91 Å². The Morgan fingerprint density at radius 3 is 2.58 bits per heavy atom. The van der Waals surface area contributed by atoms with Gasteiger partial charge >= 0.3 is 0 Å². The largest absolute Gasteiger partial charge is 0.376 e. The van der Waals surface area contributed by atoms with Gasteiger partial charge in [-0.1, -0.05) is 35.9 Å². The molecule has 0 N–H and O–H groups in total. The van der Waals surface area contributed by atoms with E-state index in [0.717, 1.165) is 30.6 Å². The van der Waals surface area contributed by atoms with Crippen molar-refractivity contribution in [1.82, 2.24) is 4.90 Å². The van der Waals surface area contributed by atoms with Crippen LogP contribution in [0.4, 0.5) is 4.39 Å². The van der Waals surface area contributed by atoms with Crippen LogP contribution in [-0.4, -0.2) is 30.1 Å². The molecule has 1 aliphatic heterocycles. The standard InChI is InChI=1S/C21H21ClFNO2/c22-18-8-3-17(4-9-18)14-24(15-20-2-1-13-26-20)21(25)12-7-16-5-10-19(23)11-6-16/h3-12,20H,1-2,13-15H2/b12-7+/t20-/m1/s1. The molecule has 26 heavy (non-hydrogen) atoms. The number of hydrogen-bond donors (Lipinski definition) is 0. The zero-order chi connectivity index (χ0) is 18.4. The van der Waals surface area contributed by atoms with E-state index in [2.05, 4.69) is 0 Å². The summed E-state index contributed by atoms with van der Waals surface area (Å²) in [5.74, 6) is -0.393. The van der Waals surface area contributed by atoms with Crippen molar-refractivity contribution in [2.24, 2.45) is 0 Å². The van der Waals surface area contributed by atoms with Crippen molar-refractivity contribution in [3.8, 4) is 0 Å². The molecule has 1 heterocycles. The molecule has 1 amide bonds. The molecule has 1 fully saturated rings. The highest BCUT2D eigenvalue weighted by atomic mass is 35.5. The molecule has 5 heteroatoms. The monoisotopic (exact) mass is 373 g/mol. The van der Waals surface area contributed by atoms with Crippen molar-refractivity contribution < 1.29 is 13.9 Å². The molecular weight excluding hydrogens is 353 g/mol. The van der Waals surface area contributed by atoms with Crippen LogP contribution >= 0.6 is 11.6 Å². The zero-order valence-corrected chi connectivity index (χ0v) is 15.2. The van der Waals surface area contributed by atoms with Crippen LogP contribution in [0.2, 0.25) is 5.02 Å². The molecule has 0 unspecified atom stereocenters. The second-order valence-corrected chi connectivity index (χ2v) is 6.80. The first-order valence-electron chi connectivity index (χ1n) is 8.69. The maximum Gasteiger partial charge on any atom is 0.246 e. The second kappa shape index (κ2) is 8.97. The minimum Gasteiger partial charge on any atom is -0.376 e. The van der Waals surface area contributed by atoms with Gasteiger partial charge in [0.1, 0.15) is 5.82 Å². The van der Waals surface area contributed by atoms with Gasteiger partial charge in [-0.3, -0.25) is 4.79 Å². The van der Waals surface area contributed by atoms with Crippen molar-refractivity contribution in [3.05, 3.63) is 76.6 Å². The van der Waals surface area contributed by atoms with E-state index in [9.17, 15) is 9.18 Å². The van der Waals surface area contributed by atoms with Gasteiger partial charge in [-0.05, 0) is 54.3 Å². The second-order valence-electron chi connectivity index (χ2n) is 6.37. The van der Waals surface area contributed by atoms with Crippen LogP contribution in [-0.2, 0) is 16.1 Å². The minimum atomic E-state index is -0.295. The highest BCUT2D eigenvalue weighted by molar-refractivity contribution is 6.30. The summed E-state index contributed by atoms with van der Waals surface area (Å²) in [7, 11) is 0. The third-order valence-electron chi connectivity index (χ3n) is 4.33. The summed E-state index contributed by atoms with van der Waals surface area (Å²) in [6, 6.07) is 13.5. The number of carbonyl (C=O) groups is 1. The Hall–Kier alpha value is -2.17. The minimum absolute atomic E-state index is 0.0745. The SMILES string of the molecule is O=C(/C=C/c1ccc(F)cc1)N(Cc1ccc(Cl)cc1)C[C@H]1CCCO1. The topological polar surface area (TPSA) is 29.5 Å². The highest BCUT2D eigenvalue weighted by Gasteiger charge is 2.21. The molecule has 0 radical (unpaired) electrons. The van der Waals surface area contributed by atoms with Gasteiger partial charge in [0.05, 0.1) is 6.10 Å². The highest BCUT2D eigenvalue weighted by Crippen LogP contribution is 2.17. The van der Waals surface area contributed by atoms with Gasteiger partial charge in [-0.2, -0.15) is 0 Å². The van der Waals surface area contributed by atoms with Crippen LogP contribution in [0.25, 0.3) is 6.08 Å². The molecule has 2 aromatic carbocycles. The van der Waals surface area contributed by atoms with E-state index in [4.69, 9.17) is 16.3 Å². The Kier molecular flexibility index (Phi) is 6.42. The van der Waals surface area contributed by atoms with E-state index in [0.29, 0.717) is 18.1 Å². The van der Waals surface area contributed by atoms with Crippen molar-refractivity contribution in [1.29, 1.82) is 0 Å². The summed E-state index contributed by atoms with van der Waals surface area (Å²) in [5, 5.41) is 0.668. The first kappa shape index (κ1) is 18.6. The lowest BCUT2D eigenvalue weighted by Crippen LogP contribution is -2.35. The van der Waals surface area contributed by atoms with Crippen LogP contribution in [0.1, 0.15) is 24.0 Å². The van der Waals surface area contributed by atoms with E-state index in [1.807, 2.05) is 24.3 Å². The van der Waals surface area contributed by atoms with E-state index in [1.54, 1.807) is 23.1 Å². The number of carbonyl (C=O) groups excluding carboxylic acids is 1. The normalized spacial score (nSPS) is 16.9. The third kappa shape index (κ3) is 5.41. The number of rotatable bonds is 6. The Labute approximate surface area is 158 Å². The fourth-order valence-electron chi connectivity index (χ4n) is 2.92. The summed E-state index contributed by atoms with van der Waals surface area (Å²) >= 11 is 5.94. The van der Waals surface area contributed by atoms with Crippen molar-refractivity contribution in [2.45, 2.75) is 25.5 Å². The van der Waals surface area contributed by atoms with Crippen LogP contribution in [0.15, 0.2) is 54.6 Å². The maximum atomic E-state index is 13.0. The molecule has 1 aliphatic rings. The van der Waals surface area contributed by atoms with E-state index >= 15 is 0 Å². The molecule has 1 atom stereocenters. The van der Waals surface area contributed by atoms with Crippen molar-refractivity contribution >= 4 is 23.6 Å². The predicted octanol–water partition coefficient (Wildman–Crippen LogP) is 4.70. The van der Waals surface area contributed by atoms with Crippen molar-refractivity contribution in [3.63, 3.8) is 0 Å². The third-order valence-corrected chi connectivity index (χ3v) is 4.59. The average Bonchev–Trinajstić information content (AvgIpc) is 3.15. The number of ether oxygens (including phenoxy) is 1. The van der Waals surface area contributed by atoms with E-state index in [1.165, 1.54) is 18.2 Å². The number of hydrogen-bond acceptors (Lipinski definition) is 2. The lowest BCUT2D eigenvalue weighted by molar-refractivity contribution is -0.128. The van der Waals surface area contributed by atoms with E-state index in [-0.39, 0.29) is 17.8 Å². The summed E-state index contributed by atoms with van der Waals surface area (Å²) in [6.45, 7) is 1.79. The molecule has 0 saturated carbocycles. The smallest absolute Gasteiger partial charge is 0.246 e. The van der Waals surface area contributed by atoms with Crippen LogP contribution in [0, 0.1) is 5.82 Å². The van der Waals surface area contributed by atoms with E-state index < -0.39 is 0 Å². The van der Waals surface area contributed by atoms with Crippen LogP contribution < -0.4 is 0 Å². The fourth-order valence-corrected chi connectivity index (χ4v) is 3.05. The van der Waals surface area contributed by atoms with Gasteiger partial charge in [0.25, 0.3) is 0 Å². The number of halogens is 2. The molecule has 136 valence electrons. The van der Waals surface area contributed by atoms with Gasteiger partial charge < -0.3 is 9.64 Å². The molecule has 1 saturated heterocycles. The van der Waals surface area contributed by atoms with Gasteiger partial charge in [-0.25, -0.2) is 4.39 Å². The molecule has 0 spiro atoms. The number of nitrogens with zero attached hydrogens (tertiary/aromatic N) is 1. The predicted molar refractivity (Wildman–Crippen MR) is 101 cm³/mol. The zero-order valence-electron chi connectivity index (χ0n) is 14.4. The lowest BCUT2D eigenvalue weighted by Gasteiger charge is -2.24. The average molecular weight is 374 g/mol. The Morgan fingerprint density at radius 2 is 1.92 bits per heavy atom. The Morgan fingerprint density at radius 1 is 1.19 bits per heavy atom. The van der Waals surface area contributed by atoms with Crippen LogP contribution in [0.5, 0.6) is 0 Å². The summed E-state index contributed by atoms with van der Waals surface area (Å²) in [6.07, 6.45) is 5.29. The molecule has 0 aliphatic carbocycles. The fraction of sp³-hybridized carbons (Fsp3) is 0.286. The molecule has 0 aromatic heterocycles. The van der Waals surface area contributed by atoms with Crippen molar-refractivity contribution in [2.75, 3.05) is 13.2 Å². The number of benzene rings is 2. The van der Waals surface area contributed by atoms with Gasteiger partial charge in [0, 0.05) is 30.8 Å². The lowest BCUT2D eigenvalue weighted by atomic mass is 10.1. The number of amides is 1. The summed E-state index contributed by atoms with van der Waals surface area (Å²) in [5.41, 5.74) is 1.79. The molecule has 3 nitrogen and oxygen atoms in total. The molecule has 2 aromatic rings. The first-order valence-corrected chi connectivity index (χ1v) is 9.06. The quantitative estimate of drug-likeness (QED) is 0.687. The summed E-state index contributed by atoms with van der Waals surface area (Å²) < 4.78 is 18.7.